The van der Waals surface area contributed by atoms with Crippen molar-refractivity contribution in [3.63, 3.8) is 0 Å². The van der Waals surface area contributed by atoms with Crippen molar-refractivity contribution in [2.45, 2.75) is 19.6 Å². The number of fused-ring (bicyclic) bond motifs is 1. The number of nitrogens with one attached hydrogen (secondary N) is 2. The van der Waals surface area contributed by atoms with Gasteiger partial charge in [-0.1, -0.05) is 36.4 Å². The summed E-state index contributed by atoms with van der Waals surface area (Å²) in [5.74, 6) is 1.23. The van der Waals surface area contributed by atoms with Crippen LogP contribution in [0.2, 0.25) is 0 Å². The van der Waals surface area contributed by atoms with Gasteiger partial charge in [-0.3, -0.25) is 10.7 Å². The van der Waals surface area contributed by atoms with Crippen LogP contribution < -0.4 is 15.8 Å². The molecule has 4 N–H and O–H groups in total. The van der Waals surface area contributed by atoms with Gasteiger partial charge < -0.3 is 20.1 Å². The molecular formula is C26H30N6O3S. The Morgan fingerprint density at radius 2 is 1.97 bits per heavy atom. The molecule has 2 aromatic heterocycles. The number of hydrogen-bond donors (Lipinski definition) is 3. The Labute approximate surface area is 213 Å². The van der Waals surface area contributed by atoms with Gasteiger partial charge in [-0.05, 0) is 44.8 Å². The van der Waals surface area contributed by atoms with Gasteiger partial charge >= 0.3 is 6.09 Å². The molecule has 0 saturated carbocycles. The van der Waals surface area contributed by atoms with Crippen molar-refractivity contribution in [1.82, 2.24) is 14.7 Å². The fourth-order valence-corrected chi connectivity index (χ4v) is 4.63. The lowest BCUT2D eigenvalue weighted by Crippen LogP contribution is -2.24. The van der Waals surface area contributed by atoms with Crippen molar-refractivity contribution in [2.24, 2.45) is 5.73 Å². The number of rotatable bonds is 10. The zero-order chi connectivity index (χ0) is 25.7. The lowest BCUT2D eigenvalue weighted by atomic mass is 10.1. The van der Waals surface area contributed by atoms with E-state index in [1.807, 2.05) is 86.6 Å². The van der Waals surface area contributed by atoms with Gasteiger partial charge in [-0.25, -0.2) is 9.48 Å². The van der Waals surface area contributed by atoms with Crippen LogP contribution in [0, 0.1) is 12.3 Å². The van der Waals surface area contributed by atoms with Crippen LogP contribution in [0.3, 0.4) is 0 Å². The van der Waals surface area contributed by atoms with Crippen molar-refractivity contribution in [3.8, 4) is 5.75 Å². The number of ether oxygens (including phenoxy) is 2. The Balaban J connectivity index is 1.49. The van der Waals surface area contributed by atoms with Crippen LogP contribution in [0.25, 0.3) is 10.1 Å². The maximum Gasteiger partial charge on any atom is 0.412 e. The second-order valence-corrected chi connectivity index (χ2v) is 9.71. The molecule has 1 amide bonds. The third-order valence-corrected chi connectivity index (χ3v) is 6.62. The number of thiophene rings is 1. The Morgan fingerprint density at radius 3 is 2.69 bits per heavy atom. The van der Waals surface area contributed by atoms with Crippen LogP contribution in [0.15, 0.2) is 60.7 Å². The van der Waals surface area contributed by atoms with E-state index in [0.29, 0.717) is 23.0 Å². The van der Waals surface area contributed by atoms with Gasteiger partial charge in [0.05, 0.1) is 17.1 Å². The first-order chi connectivity index (χ1) is 17.3. The second kappa shape index (κ2) is 11.2. The van der Waals surface area contributed by atoms with E-state index in [1.54, 1.807) is 4.68 Å². The smallest absolute Gasteiger partial charge is 0.412 e. The largest absolute Gasteiger partial charge is 0.481 e. The summed E-state index contributed by atoms with van der Waals surface area (Å²) in [7, 11) is 3.97. The number of aryl methyl sites for hydroxylation is 1. The zero-order valence-electron chi connectivity index (χ0n) is 20.5. The minimum absolute atomic E-state index is 0.000748. The number of amidine groups is 1. The van der Waals surface area contributed by atoms with Gasteiger partial charge in [-0.15, -0.1) is 11.3 Å². The highest BCUT2D eigenvalue weighted by molar-refractivity contribution is 7.20. The number of carbonyl (C=O) groups is 1. The van der Waals surface area contributed by atoms with E-state index >= 15 is 0 Å². The highest BCUT2D eigenvalue weighted by Gasteiger charge is 2.19. The number of hydrogen-bond acceptors (Lipinski definition) is 7. The molecule has 1 atom stereocenters. The predicted octanol–water partition coefficient (Wildman–Crippen LogP) is 4.62. The summed E-state index contributed by atoms with van der Waals surface area (Å²) in [6, 6.07) is 19.0. The summed E-state index contributed by atoms with van der Waals surface area (Å²) >= 11 is 1.43. The predicted molar refractivity (Wildman–Crippen MR) is 143 cm³/mol. The summed E-state index contributed by atoms with van der Waals surface area (Å²) in [5, 5.41) is 15.9. The molecule has 4 rings (SSSR count). The molecule has 9 nitrogen and oxygen atoms in total. The summed E-state index contributed by atoms with van der Waals surface area (Å²) < 4.78 is 14.7. The van der Waals surface area contributed by atoms with E-state index < -0.39 is 12.2 Å². The van der Waals surface area contributed by atoms with Crippen LogP contribution in [0.4, 0.5) is 10.6 Å². The number of likely N-dealkylation sites (N-methyl/N-ethyl adjacent to an activating group) is 1. The van der Waals surface area contributed by atoms with Gasteiger partial charge in [0, 0.05) is 22.7 Å². The van der Waals surface area contributed by atoms with E-state index in [9.17, 15) is 4.79 Å². The quantitative estimate of drug-likeness (QED) is 0.213. The number of nitrogens with zero attached hydrogens (tertiary/aromatic N) is 3. The van der Waals surface area contributed by atoms with Crippen molar-refractivity contribution < 1.29 is 14.3 Å². The lowest BCUT2D eigenvalue weighted by molar-refractivity contribution is 0.0909. The molecule has 0 radical (unpaired) electrons. The molecule has 0 bridgehead atoms. The number of nitrogens with two attached hydrogens (primary N) is 1. The second-order valence-electron chi connectivity index (χ2n) is 8.63. The van der Waals surface area contributed by atoms with Crippen LogP contribution in [0.1, 0.15) is 22.2 Å². The topological polar surface area (TPSA) is 118 Å². The SMILES string of the molecule is Cc1cc(NC(=O)OCC(Oc2cccc3sc(C(=N)N)cc23)c2ccccc2)n(CCN(C)C)n1. The lowest BCUT2D eigenvalue weighted by Gasteiger charge is -2.20. The first kappa shape index (κ1) is 25.2. The minimum atomic E-state index is -0.585. The Kier molecular flexibility index (Phi) is 7.87. The number of carbonyl (C=O) groups excluding carboxylic acids is 1. The van der Waals surface area contributed by atoms with Gasteiger partial charge in [0.25, 0.3) is 0 Å². The molecule has 36 heavy (non-hydrogen) atoms. The van der Waals surface area contributed by atoms with E-state index in [0.717, 1.165) is 27.9 Å². The normalized spacial score (nSPS) is 12.0. The monoisotopic (exact) mass is 506 g/mol. The maximum absolute atomic E-state index is 12.7. The van der Waals surface area contributed by atoms with Gasteiger partial charge in [0.1, 0.15) is 24.0 Å². The van der Waals surface area contributed by atoms with E-state index in [2.05, 4.69) is 10.4 Å². The minimum Gasteiger partial charge on any atom is -0.481 e. The average molecular weight is 507 g/mol. The third-order valence-electron chi connectivity index (χ3n) is 5.48. The molecule has 188 valence electrons. The Morgan fingerprint density at radius 1 is 1.19 bits per heavy atom. The van der Waals surface area contributed by atoms with E-state index in [-0.39, 0.29) is 12.4 Å². The summed E-state index contributed by atoms with van der Waals surface area (Å²) in [6.45, 7) is 3.30. The highest BCUT2D eigenvalue weighted by Crippen LogP contribution is 2.35. The van der Waals surface area contributed by atoms with Crippen molar-refractivity contribution in [1.29, 1.82) is 5.41 Å². The molecule has 0 aliphatic rings. The van der Waals surface area contributed by atoms with Gasteiger partial charge in [-0.2, -0.15) is 5.10 Å². The molecule has 0 aliphatic heterocycles. The Bertz CT molecular complexity index is 1350. The van der Waals surface area contributed by atoms with Crippen LogP contribution in [-0.4, -0.2) is 53.9 Å². The maximum atomic E-state index is 12.7. The molecule has 0 fully saturated rings. The van der Waals surface area contributed by atoms with Gasteiger partial charge in [0.15, 0.2) is 6.10 Å². The number of amides is 1. The highest BCUT2D eigenvalue weighted by atomic mass is 32.1. The molecule has 2 aromatic carbocycles. The number of nitrogen functional groups attached to an aromatic ring is 1. The average Bonchev–Trinajstić information content (AvgIpc) is 3.44. The molecule has 2 heterocycles. The first-order valence-corrected chi connectivity index (χ1v) is 12.3. The van der Waals surface area contributed by atoms with Crippen molar-refractivity contribution >= 4 is 39.2 Å². The summed E-state index contributed by atoms with van der Waals surface area (Å²) in [4.78, 5) is 15.4. The van der Waals surface area contributed by atoms with Gasteiger partial charge in [0.2, 0.25) is 0 Å². The number of anilines is 1. The summed E-state index contributed by atoms with van der Waals surface area (Å²) in [6.07, 6.45) is -1.12. The Hall–Kier alpha value is -3.89. The first-order valence-electron chi connectivity index (χ1n) is 11.5. The van der Waals surface area contributed by atoms with E-state index in [1.165, 1.54) is 11.3 Å². The van der Waals surface area contributed by atoms with Crippen LogP contribution in [-0.2, 0) is 11.3 Å². The van der Waals surface area contributed by atoms with Crippen molar-refractivity contribution in [3.05, 3.63) is 76.8 Å². The number of benzene rings is 2. The third kappa shape index (κ3) is 6.21. The van der Waals surface area contributed by atoms with Crippen LogP contribution in [0.5, 0.6) is 5.75 Å². The molecule has 4 aromatic rings. The van der Waals surface area contributed by atoms with E-state index in [4.69, 9.17) is 20.6 Å². The molecule has 1 unspecified atom stereocenters. The number of aromatic nitrogens is 2. The summed E-state index contributed by atoms with van der Waals surface area (Å²) in [5.41, 5.74) is 7.37. The fourth-order valence-electron chi connectivity index (χ4n) is 3.69. The zero-order valence-corrected chi connectivity index (χ0v) is 21.3. The van der Waals surface area contributed by atoms with Crippen LogP contribution >= 0.6 is 11.3 Å². The molecule has 0 aliphatic carbocycles. The molecular weight excluding hydrogens is 476 g/mol. The fraction of sp³-hybridized carbons (Fsp3) is 0.269. The molecule has 10 heteroatoms. The van der Waals surface area contributed by atoms with Crippen molar-refractivity contribution in [2.75, 3.05) is 32.6 Å². The molecule has 0 spiro atoms. The molecule has 0 saturated heterocycles. The standard InChI is InChI=1S/C26H30N6O3S/c1-17-14-24(32(30-17)13-12-31(2)3)29-26(33)34-16-21(18-8-5-4-6-9-18)35-20-10-7-11-22-19(20)15-23(36-22)25(27)28/h4-11,14-15,21H,12-13,16H2,1-3H3,(H3,27,28)(H,29,33).